The van der Waals surface area contributed by atoms with Crippen LogP contribution in [0.4, 0.5) is 0 Å². The van der Waals surface area contributed by atoms with Crippen LogP contribution in [-0.2, 0) is 0 Å². The molecule has 1 saturated carbocycles. The van der Waals surface area contributed by atoms with Gasteiger partial charge in [0, 0.05) is 5.92 Å². The molecular weight excluding hydrogens is 300 g/mol. The van der Waals surface area contributed by atoms with Crippen LogP contribution in [0.1, 0.15) is 62.0 Å². The van der Waals surface area contributed by atoms with E-state index in [1.165, 1.54) is 67.2 Å². The van der Waals surface area contributed by atoms with Crippen molar-refractivity contribution < 1.29 is 0 Å². The number of rotatable bonds is 3. The van der Waals surface area contributed by atoms with Gasteiger partial charge >= 0.3 is 0 Å². The van der Waals surface area contributed by atoms with E-state index in [0.29, 0.717) is 11.8 Å². The maximum Gasteiger partial charge on any atom is 0.0102 e. The SMILES string of the molecule is C1=C2CCCCCC2=CC1CCC1c2ccccc2-c2ccccc21. The normalized spacial score (nSPS) is 19.7. The second kappa shape index (κ2) is 6.33. The Morgan fingerprint density at radius 3 is 1.80 bits per heavy atom. The molecule has 3 aliphatic rings. The fourth-order valence-electron chi connectivity index (χ4n) is 5.17. The van der Waals surface area contributed by atoms with Crippen molar-refractivity contribution in [2.45, 2.75) is 50.9 Å². The van der Waals surface area contributed by atoms with Crippen LogP contribution in [0.25, 0.3) is 11.1 Å². The van der Waals surface area contributed by atoms with Crippen molar-refractivity contribution in [3.05, 3.63) is 83.0 Å². The van der Waals surface area contributed by atoms with Gasteiger partial charge in [0.2, 0.25) is 0 Å². The summed E-state index contributed by atoms with van der Waals surface area (Å²) in [6, 6.07) is 18.0. The Labute approximate surface area is 151 Å². The molecule has 2 aromatic rings. The first kappa shape index (κ1) is 15.2. The summed E-state index contributed by atoms with van der Waals surface area (Å²) < 4.78 is 0. The van der Waals surface area contributed by atoms with Crippen molar-refractivity contribution in [2.24, 2.45) is 5.92 Å². The van der Waals surface area contributed by atoms with Crippen molar-refractivity contribution in [3.8, 4) is 11.1 Å². The highest BCUT2D eigenvalue weighted by molar-refractivity contribution is 5.78. The van der Waals surface area contributed by atoms with Crippen LogP contribution in [0.15, 0.2) is 71.8 Å². The first-order valence-corrected chi connectivity index (χ1v) is 10.00. The molecule has 0 atom stereocenters. The van der Waals surface area contributed by atoms with Gasteiger partial charge in [-0.3, -0.25) is 0 Å². The molecule has 0 aliphatic heterocycles. The summed E-state index contributed by atoms with van der Waals surface area (Å²) in [5.74, 6) is 1.25. The molecule has 126 valence electrons. The summed E-state index contributed by atoms with van der Waals surface area (Å²) in [5.41, 5.74) is 9.34. The monoisotopic (exact) mass is 326 g/mol. The molecule has 3 aliphatic carbocycles. The van der Waals surface area contributed by atoms with Crippen LogP contribution in [0.3, 0.4) is 0 Å². The first-order valence-electron chi connectivity index (χ1n) is 10.00. The highest BCUT2D eigenvalue weighted by Gasteiger charge is 2.28. The summed E-state index contributed by atoms with van der Waals surface area (Å²) in [6.07, 6.45) is 14.5. The Bertz CT molecular complexity index is 784. The second-order valence-electron chi connectivity index (χ2n) is 7.91. The molecule has 5 rings (SSSR count). The molecule has 0 bridgehead atoms. The number of allylic oxidation sites excluding steroid dienone is 4. The molecule has 0 heteroatoms. The molecule has 0 unspecified atom stereocenters. The van der Waals surface area contributed by atoms with Crippen LogP contribution in [-0.4, -0.2) is 0 Å². The van der Waals surface area contributed by atoms with Gasteiger partial charge in [-0.15, -0.1) is 0 Å². The van der Waals surface area contributed by atoms with Crippen LogP contribution in [0, 0.1) is 5.92 Å². The Morgan fingerprint density at radius 2 is 1.20 bits per heavy atom. The van der Waals surface area contributed by atoms with Gasteiger partial charge in [0.15, 0.2) is 0 Å². The minimum absolute atomic E-state index is 0.578. The molecule has 1 fully saturated rings. The summed E-state index contributed by atoms with van der Waals surface area (Å²) in [7, 11) is 0. The zero-order valence-corrected chi connectivity index (χ0v) is 14.9. The van der Waals surface area contributed by atoms with E-state index in [1.807, 2.05) is 0 Å². The first-order chi connectivity index (χ1) is 12.4. The maximum atomic E-state index is 2.59. The van der Waals surface area contributed by atoms with Gasteiger partial charge in [0.1, 0.15) is 0 Å². The maximum absolute atomic E-state index is 2.59. The topological polar surface area (TPSA) is 0 Å². The minimum Gasteiger partial charge on any atom is -0.0741 e. The van der Waals surface area contributed by atoms with Gasteiger partial charge in [0.05, 0.1) is 0 Å². The fourth-order valence-corrected chi connectivity index (χ4v) is 5.17. The fraction of sp³-hybridized carbons (Fsp3) is 0.360. The van der Waals surface area contributed by atoms with Crippen LogP contribution in [0.2, 0.25) is 0 Å². The summed E-state index contributed by atoms with van der Waals surface area (Å²) in [6.45, 7) is 0. The lowest BCUT2D eigenvalue weighted by atomic mass is 9.89. The van der Waals surface area contributed by atoms with E-state index in [4.69, 9.17) is 0 Å². The number of fused-ring (bicyclic) bond motifs is 4. The van der Waals surface area contributed by atoms with Crippen molar-refractivity contribution >= 4 is 0 Å². The second-order valence-corrected chi connectivity index (χ2v) is 7.91. The predicted octanol–water partition coefficient (Wildman–Crippen LogP) is 7.03. The van der Waals surface area contributed by atoms with Crippen molar-refractivity contribution in [2.75, 3.05) is 0 Å². The Balaban J connectivity index is 1.38. The van der Waals surface area contributed by atoms with E-state index in [9.17, 15) is 0 Å². The summed E-state index contributed by atoms with van der Waals surface area (Å²) in [5, 5.41) is 0. The molecule has 2 aromatic carbocycles. The largest absolute Gasteiger partial charge is 0.0741 e. The molecule has 0 radical (unpaired) electrons. The van der Waals surface area contributed by atoms with Gasteiger partial charge in [-0.1, -0.05) is 67.1 Å². The van der Waals surface area contributed by atoms with Gasteiger partial charge in [-0.2, -0.15) is 0 Å². The molecular formula is C25H26. The predicted molar refractivity (Wildman–Crippen MR) is 106 cm³/mol. The Kier molecular flexibility index (Phi) is 3.85. The number of benzene rings is 2. The molecule has 0 saturated heterocycles. The van der Waals surface area contributed by atoms with Gasteiger partial charge < -0.3 is 0 Å². The van der Waals surface area contributed by atoms with Gasteiger partial charge in [0.25, 0.3) is 0 Å². The smallest absolute Gasteiger partial charge is 0.0102 e. The van der Waals surface area contributed by atoms with Crippen LogP contribution >= 0.6 is 0 Å². The Morgan fingerprint density at radius 1 is 0.640 bits per heavy atom. The minimum atomic E-state index is 0.578. The molecule has 0 N–H and O–H groups in total. The molecule has 0 nitrogen and oxygen atoms in total. The van der Waals surface area contributed by atoms with E-state index in [-0.39, 0.29) is 0 Å². The van der Waals surface area contributed by atoms with E-state index >= 15 is 0 Å². The standard InChI is InChI=1S/C25H26/c1-2-8-19-16-18(17-20(19)9-3-1)14-15-25-23-12-6-4-10-21(23)22-11-5-7-13-24(22)25/h4-7,10-13,16-18,25H,1-3,8-9,14-15H2. The zero-order valence-electron chi connectivity index (χ0n) is 14.9. The molecule has 0 amide bonds. The lowest BCUT2D eigenvalue weighted by molar-refractivity contribution is 0.611. The van der Waals surface area contributed by atoms with E-state index in [1.54, 1.807) is 11.1 Å². The van der Waals surface area contributed by atoms with Crippen molar-refractivity contribution in [1.82, 2.24) is 0 Å². The van der Waals surface area contributed by atoms with Crippen molar-refractivity contribution in [3.63, 3.8) is 0 Å². The summed E-state index contributed by atoms with van der Waals surface area (Å²) >= 11 is 0. The highest BCUT2D eigenvalue weighted by Crippen LogP contribution is 2.47. The van der Waals surface area contributed by atoms with E-state index in [2.05, 4.69) is 60.7 Å². The number of hydrogen-bond donors (Lipinski definition) is 0. The zero-order chi connectivity index (χ0) is 16.6. The molecule has 25 heavy (non-hydrogen) atoms. The van der Waals surface area contributed by atoms with Crippen LogP contribution < -0.4 is 0 Å². The van der Waals surface area contributed by atoms with Gasteiger partial charge in [-0.05, 0) is 77.8 Å². The molecule has 0 spiro atoms. The van der Waals surface area contributed by atoms with E-state index in [0.717, 1.165) is 0 Å². The quantitative estimate of drug-likeness (QED) is 0.568. The molecule has 0 aromatic heterocycles. The lowest BCUT2D eigenvalue weighted by Crippen LogP contribution is -2.00. The van der Waals surface area contributed by atoms with Gasteiger partial charge in [-0.25, -0.2) is 0 Å². The Hall–Kier alpha value is -2.08. The van der Waals surface area contributed by atoms with Crippen molar-refractivity contribution in [1.29, 1.82) is 0 Å². The lowest BCUT2D eigenvalue weighted by Gasteiger charge is -2.15. The average Bonchev–Trinajstić information content (AvgIpc) is 3.11. The van der Waals surface area contributed by atoms with E-state index < -0.39 is 0 Å². The molecule has 0 heterocycles. The average molecular weight is 326 g/mol. The third-order valence-corrected chi connectivity index (χ3v) is 6.39. The third kappa shape index (κ3) is 2.68. The third-order valence-electron chi connectivity index (χ3n) is 6.39. The highest BCUT2D eigenvalue weighted by atomic mass is 14.3. The van der Waals surface area contributed by atoms with Crippen LogP contribution in [0.5, 0.6) is 0 Å². The number of hydrogen-bond acceptors (Lipinski definition) is 0. The summed E-state index contributed by atoms with van der Waals surface area (Å²) in [4.78, 5) is 0.